The molecule has 0 saturated carbocycles. The van der Waals surface area contributed by atoms with E-state index in [-0.39, 0.29) is 28.6 Å². The number of ketones is 1. The van der Waals surface area contributed by atoms with Gasteiger partial charge >= 0.3 is 0 Å². The molecule has 0 aliphatic heterocycles. The van der Waals surface area contributed by atoms with Gasteiger partial charge in [0.2, 0.25) is 11.8 Å². The molecule has 0 bridgehead atoms. The number of aromatic nitrogens is 2. The number of hydrogen-bond donors (Lipinski definition) is 2. The van der Waals surface area contributed by atoms with Crippen LogP contribution in [0.1, 0.15) is 50.4 Å². The van der Waals surface area contributed by atoms with Crippen LogP contribution in [0.15, 0.2) is 34.7 Å². The molecule has 2 N–H and O–H groups in total. The van der Waals surface area contributed by atoms with Crippen LogP contribution in [0.25, 0.3) is 0 Å². The van der Waals surface area contributed by atoms with Crippen LogP contribution in [0.4, 0.5) is 17.5 Å². The zero-order valence-electron chi connectivity index (χ0n) is 16.5. The van der Waals surface area contributed by atoms with Crippen LogP contribution < -0.4 is 10.6 Å². The molecule has 0 saturated heterocycles. The minimum atomic E-state index is -0.459. The number of amides is 1. The maximum absolute atomic E-state index is 12.5. The van der Waals surface area contributed by atoms with Gasteiger partial charge in [0.1, 0.15) is 17.4 Å². The summed E-state index contributed by atoms with van der Waals surface area (Å²) in [5, 5.41) is 15.0. The first-order chi connectivity index (χ1) is 13.8. The summed E-state index contributed by atoms with van der Waals surface area (Å²) < 4.78 is 5.41. The average molecular weight is 389 g/mol. The van der Waals surface area contributed by atoms with Crippen LogP contribution in [-0.4, -0.2) is 21.7 Å². The quantitative estimate of drug-likeness (QED) is 0.631. The molecule has 1 aromatic carbocycles. The zero-order valence-corrected chi connectivity index (χ0v) is 16.5. The van der Waals surface area contributed by atoms with Gasteiger partial charge < -0.3 is 9.73 Å². The molecule has 2 aromatic heterocycles. The van der Waals surface area contributed by atoms with Crippen LogP contribution in [-0.2, 0) is 0 Å². The molecule has 146 valence electrons. The number of furan rings is 1. The third kappa shape index (κ3) is 4.30. The second-order valence-electron chi connectivity index (χ2n) is 6.54. The van der Waals surface area contributed by atoms with E-state index < -0.39 is 5.91 Å². The molecule has 3 aromatic rings. The van der Waals surface area contributed by atoms with Crippen LogP contribution in [0.5, 0.6) is 0 Å². The van der Waals surface area contributed by atoms with Crippen LogP contribution in [0.3, 0.4) is 0 Å². The van der Waals surface area contributed by atoms with E-state index in [4.69, 9.17) is 4.42 Å². The lowest BCUT2D eigenvalue weighted by Crippen LogP contribution is -2.12. The third-order valence-corrected chi connectivity index (χ3v) is 4.16. The second kappa shape index (κ2) is 7.94. The number of aryl methyl sites for hydroxylation is 3. The summed E-state index contributed by atoms with van der Waals surface area (Å²) >= 11 is 0. The molecule has 3 rings (SSSR count). The van der Waals surface area contributed by atoms with Gasteiger partial charge in [-0.05, 0) is 58.0 Å². The maximum Gasteiger partial charge on any atom is 0.258 e. The fourth-order valence-corrected chi connectivity index (χ4v) is 2.95. The highest BCUT2D eigenvalue weighted by Gasteiger charge is 2.22. The van der Waals surface area contributed by atoms with Crippen LogP contribution in [0.2, 0.25) is 0 Å². The fourth-order valence-electron chi connectivity index (χ4n) is 2.95. The number of anilines is 3. The van der Waals surface area contributed by atoms with Crippen LogP contribution in [0, 0.1) is 32.1 Å². The van der Waals surface area contributed by atoms with Gasteiger partial charge in [-0.25, -0.2) is 9.97 Å². The molecule has 2 heterocycles. The van der Waals surface area contributed by atoms with Crippen molar-refractivity contribution >= 4 is 29.2 Å². The maximum atomic E-state index is 12.5. The van der Waals surface area contributed by atoms with Crippen molar-refractivity contribution in [2.24, 2.45) is 0 Å². The van der Waals surface area contributed by atoms with E-state index in [1.54, 1.807) is 31.2 Å². The van der Waals surface area contributed by atoms with E-state index in [0.29, 0.717) is 11.5 Å². The van der Waals surface area contributed by atoms with Gasteiger partial charge in [0.25, 0.3) is 5.91 Å². The van der Waals surface area contributed by atoms with Crippen molar-refractivity contribution in [2.75, 3.05) is 10.6 Å². The van der Waals surface area contributed by atoms with E-state index in [2.05, 4.69) is 20.6 Å². The smallest absolute Gasteiger partial charge is 0.258 e. The van der Waals surface area contributed by atoms with Gasteiger partial charge in [-0.15, -0.1) is 0 Å². The Kier molecular flexibility index (Phi) is 5.41. The lowest BCUT2D eigenvalue weighted by atomic mass is 10.1. The van der Waals surface area contributed by atoms with Gasteiger partial charge in [0.15, 0.2) is 5.78 Å². The summed E-state index contributed by atoms with van der Waals surface area (Å²) in [7, 11) is 0. The molecule has 29 heavy (non-hydrogen) atoms. The number of carbonyl (C=O) groups excluding carboxylic acids is 2. The number of nitrogens with zero attached hydrogens (tertiary/aromatic N) is 3. The monoisotopic (exact) mass is 389 g/mol. The predicted octanol–water partition coefficient (Wildman–Crippen LogP) is 4.07. The van der Waals surface area contributed by atoms with Gasteiger partial charge in [-0.2, -0.15) is 5.26 Å². The number of rotatable bonds is 5. The number of nitrogens with one attached hydrogen (secondary N) is 2. The number of nitriles is 1. The number of hydrogen-bond acceptors (Lipinski definition) is 7. The average Bonchev–Trinajstić information content (AvgIpc) is 2.96. The SMILES string of the molecule is CC(=O)c1c(C)oc(NC(=O)c2ccc(Nc3nc(C)cc(C)n3)cc2)c1C#N. The standard InChI is InChI=1S/C21H19N5O3/c1-11-9-12(2)24-21(23-11)25-16-7-5-15(6-8-16)19(28)26-20-17(10-22)18(13(3)27)14(4)29-20/h5-9H,1-4H3,(H,26,28)(H,23,24,25). The molecule has 0 radical (unpaired) electrons. The Balaban J connectivity index is 1.77. The van der Waals surface area contributed by atoms with Gasteiger partial charge in [0, 0.05) is 22.6 Å². The second-order valence-corrected chi connectivity index (χ2v) is 6.54. The Bertz CT molecular complexity index is 1120. The van der Waals surface area contributed by atoms with Gasteiger partial charge in [-0.3, -0.25) is 14.9 Å². The molecule has 0 aliphatic rings. The minimum absolute atomic E-state index is 0.0219. The number of carbonyl (C=O) groups is 2. The Morgan fingerprint density at radius 2 is 1.69 bits per heavy atom. The minimum Gasteiger partial charge on any atom is -0.443 e. The molecule has 0 fully saturated rings. The fraction of sp³-hybridized carbons (Fsp3) is 0.190. The summed E-state index contributed by atoms with van der Waals surface area (Å²) in [6, 6.07) is 10.5. The highest BCUT2D eigenvalue weighted by atomic mass is 16.4. The van der Waals surface area contributed by atoms with Gasteiger partial charge in [0.05, 0.1) is 5.56 Å². The first kappa shape index (κ1) is 19.8. The third-order valence-electron chi connectivity index (χ3n) is 4.16. The lowest BCUT2D eigenvalue weighted by Gasteiger charge is -2.08. The largest absolute Gasteiger partial charge is 0.443 e. The van der Waals surface area contributed by atoms with Crippen LogP contribution >= 0.6 is 0 Å². The molecule has 8 nitrogen and oxygen atoms in total. The van der Waals surface area contributed by atoms with Crippen molar-refractivity contribution in [3.8, 4) is 6.07 Å². The van der Waals surface area contributed by atoms with E-state index in [0.717, 1.165) is 17.1 Å². The lowest BCUT2D eigenvalue weighted by molar-refractivity contribution is 0.101. The van der Waals surface area contributed by atoms with E-state index in [9.17, 15) is 14.9 Å². The van der Waals surface area contributed by atoms with Gasteiger partial charge in [-0.1, -0.05) is 0 Å². The van der Waals surface area contributed by atoms with E-state index in [1.807, 2.05) is 26.0 Å². The molecule has 0 aliphatic carbocycles. The number of Topliss-reactive ketones (excluding diaryl/α,β-unsaturated/α-hetero) is 1. The normalized spacial score (nSPS) is 10.3. The predicted molar refractivity (Wildman–Crippen MR) is 107 cm³/mol. The summed E-state index contributed by atoms with van der Waals surface area (Å²) in [5.74, 6) is -0.0311. The van der Waals surface area contributed by atoms with Crippen molar-refractivity contribution in [3.63, 3.8) is 0 Å². The highest BCUT2D eigenvalue weighted by Crippen LogP contribution is 2.27. The topological polar surface area (TPSA) is 121 Å². The Hall–Kier alpha value is -3.99. The number of benzene rings is 1. The molecule has 0 spiro atoms. The molecule has 0 atom stereocenters. The summed E-state index contributed by atoms with van der Waals surface area (Å²) in [4.78, 5) is 32.9. The van der Waals surface area contributed by atoms with E-state index in [1.165, 1.54) is 6.92 Å². The van der Waals surface area contributed by atoms with Crippen molar-refractivity contribution in [2.45, 2.75) is 27.7 Å². The summed E-state index contributed by atoms with van der Waals surface area (Å²) in [5.41, 5.74) is 2.98. The summed E-state index contributed by atoms with van der Waals surface area (Å²) in [6.45, 7) is 6.69. The Morgan fingerprint density at radius 3 is 2.24 bits per heavy atom. The van der Waals surface area contributed by atoms with Crippen molar-refractivity contribution in [3.05, 3.63) is 64.2 Å². The Labute approximate surface area is 167 Å². The highest BCUT2D eigenvalue weighted by molar-refractivity contribution is 6.06. The Morgan fingerprint density at radius 1 is 1.07 bits per heavy atom. The van der Waals surface area contributed by atoms with E-state index >= 15 is 0 Å². The van der Waals surface area contributed by atoms with Crippen molar-refractivity contribution < 1.29 is 14.0 Å². The first-order valence-corrected chi connectivity index (χ1v) is 8.83. The summed E-state index contributed by atoms with van der Waals surface area (Å²) in [6.07, 6.45) is 0. The molecular weight excluding hydrogens is 370 g/mol. The molecule has 0 unspecified atom stereocenters. The molecular formula is C21H19N5O3. The van der Waals surface area contributed by atoms with Crippen molar-refractivity contribution in [1.29, 1.82) is 5.26 Å². The zero-order chi connectivity index (χ0) is 21.1. The first-order valence-electron chi connectivity index (χ1n) is 8.83. The molecule has 8 heteroatoms. The van der Waals surface area contributed by atoms with Crippen molar-refractivity contribution in [1.82, 2.24) is 9.97 Å². The molecule has 1 amide bonds.